The summed E-state index contributed by atoms with van der Waals surface area (Å²) < 4.78 is 5.92. The van der Waals surface area contributed by atoms with E-state index in [4.69, 9.17) is 10.5 Å². The van der Waals surface area contributed by atoms with Gasteiger partial charge in [0.1, 0.15) is 12.4 Å². The molecule has 0 spiro atoms. The SMILES string of the molecule is Cc1ccc(C)c(OCCN2CCCC(CN)C2)c1. The lowest BCUT2D eigenvalue weighted by Crippen LogP contribution is -2.40. The molecule has 19 heavy (non-hydrogen) atoms. The van der Waals surface area contributed by atoms with Crippen molar-refractivity contribution in [1.29, 1.82) is 0 Å². The summed E-state index contributed by atoms with van der Waals surface area (Å²) in [6.07, 6.45) is 2.55. The van der Waals surface area contributed by atoms with Crippen LogP contribution in [0.2, 0.25) is 0 Å². The number of likely N-dealkylation sites (tertiary alicyclic amines) is 1. The predicted molar refractivity (Wildman–Crippen MR) is 79.6 cm³/mol. The summed E-state index contributed by atoms with van der Waals surface area (Å²) >= 11 is 0. The van der Waals surface area contributed by atoms with E-state index in [-0.39, 0.29) is 0 Å². The Morgan fingerprint density at radius 3 is 3.00 bits per heavy atom. The molecule has 1 unspecified atom stereocenters. The number of ether oxygens (including phenoxy) is 1. The predicted octanol–water partition coefficient (Wildman–Crippen LogP) is 2.35. The van der Waals surface area contributed by atoms with Gasteiger partial charge in [-0.15, -0.1) is 0 Å². The van der Waals surface area contributed by atoms with E-state index in [0.29, 0.717) is 5.92 Å². The molecule has 0 aliphatic carbocycles. The van der Waals surface area contributed by atoms with Gasteiger partial charge in [0, 0.05) is 13.1 Å². The minimum Gasteiger partial charge on any atom is -0.492 e. The molecule has 1 aliphatic rings. The number of piperidine rings is 1. The van der Waals surface area contributed by atoms with Gasteiger partial charge in [0.2, 0.25) is 0 Å². The van der Waals surface area contributed by atoms with E-state index in [2.05, 4.69) is 36.9 Å². The second-order valence-corrected chi connectivity index (χ2v) is 5.66. The lowest BCUT2D eigenvalue weighted by atomic mass is 9.98. The van der Waals surface area contributed by atoms with Crippen LogP contribution in [-0.2, 0) is 0 Å². The second-order valence-electron chi connectivity index (χ2n) is 5.66. The highest BCUT2D eigenvalue weighted by atomic mass is 16.5. The van der Waals surface area contributed by atoms with Crippen molar-refractivity contribution in [2.45, 2.75) is 26.7 Å². The summed E-state index contributed by atoms with van der Waals surface area (Å²) in [5.74, 6) is 1.70. The van der Waals surface area contributed by atoms with Crippen molar-refractivity contribution in [2.24, 2.45) is 11.7 Å². The Hall–Kier alpha value is -1.06. The molecule has 0 radical (unpaired) electrons. The number of aryl methyl sites for hydroxylation is 2. The van der Waals surface area contributed by atoms with Gasteiger partial charge in [-0.3, -0.25) is 4.90 Å². The molecule has 1 aliphatic heterocycles. The molecule has 3 nitrogen and oxygen atoms in total. The first kappa shape index (κ1) is 14.4. The Labute approximate surface area is 116 Å². The summed E-state index contributed by atoms with van der Waals surface area (Å²) in [5.41, 5.74) is 8.23. The van der Waals surface area contributed by atoms with E-state index in [9.17, 15) is 0 Å². The van der Waals surface area contributed by atoms with Crippen LogP contribution in [0.5, 0.6) is 5.75 Å². The zero-order valence-corrected chi connectivity index (χ0v) is 12.2. The fourth-order valence-corrected chi connectivity index (χ4v) is 2.69. The van der Waals surface area contributed by atoms with E-state index < -0.39 is 0 Å². The molecule has 0 bridgehead atoms. The first-order valence-corrected chi connectivity index (χ1v) is 7.31. The summed E-state index contributed by atoms with van der Waals surface area (Å²) in [4.78, 5) is 2.48. The van der Waals surface area contributed by atoms with Crippen LogP contribution in [0.3, 0.4) is 0 Å². The van der Waals surface area contributed by atoms with Gasteiger partial charge < -0.3 is 10.5 Å². The lowest BCUT2D eigenvalue weighted by molar-refractivity contribution is 0.149. The smallest absolute Gasteiger partial charge is 0.122 e. The Balaban J connectivity index is 1.78. The highest BCUT2D eigenvalue weighted by Gasteiger charge is 2.18. The second kappa shape index (κ2) is 6.92. The van der Waals surface area contributed by atoms with Crippen molar-refractivity contribution in [3.8, 4) is 5.75 Å². The van der Waals surface area contributed by atoms with Gasteiger partial charge in [-0.25, -0.2) is 0 Å². The van der Waals surface area contributed by atoms with Gasteiger partial charge in [-0.05, 0) is 62.9 Å². The first-order chi connectivity index (χ1) is 9.19. The van der Waals surface area contributed by atoms with Gasteiger partial charge in [-0.2, -0.15) is 0 Å². The van der Waals surface area contributed by atoms with Gasteiger partial charge >= 0.3 is 0 Å². The molecule has 1 aromatic rings. The summed E-state index contributed by atoms with van der Waals surface area (Å²) in [6.45, 7) is 9.10. The molecule has 1 fully saturated rings. The summed E-state index contributed by atoms with van der Waals surface area (Å²) in [5, 5.41) is 0. The largest absolute Gasteiger partial charge is 0.492 e. The molecule has 2 N–H and O–H groups in total. The monoisotopic (exact) mass is 262 g/mol. The molecule has 106 valence electrons. The van der Waals surface area contributed by atoms with Gasteiger partial charge in [0.25, 0.3) is 0 Å². The molecule has 2 rings (SSSR count). The van der Waals surface area contributed by atoms with Crippen molar-refractivity contribution in [3.05, 3.63) is 29.3 Å². The zero-order valence-electron chi connectivity index (χ0n) is 12.2. The molecule has 1 heterocycles. The third kappa shape index (κ3) is 4.22. The maximum Gasteiger partial charge on any atom is 0.122 e. The average molecular weight is 262 g/mol. The van der Waals surface area contributed by atoms with Crippen LogP contribution in [0.4, 0.5) is 0 Å². The lowest BCUT2D eigenvalue weighted by Gasteiger charge is -2.31. The average Bonchev–Trinajstić information content (AvgIpc) is 2.43. The van der Waals surface area contributed by atoms with Crippen molar-refractivity contribution >= 4 is 0 Å². The molecular weight excluding hydrogens is 236 g/mol. The zero-order chi connectivity index (χ0) is 13.7. The molecule has 0 aromatic heterocycles. The Morgan fingerprint density at radius 1 is 1.37 bits per heavy atom. The minimum atomic E-state index is 0.675. The number of hydrogen-bond donors (Lipinski definition) is 1. The van der Waals surface area contributed by atoms with Crippen LogP contribution >= 0.6 is 0 Å². The van der Waals surface area contributed by atoms with Crippen LogP contribution in [-0.4, -0.2) is 37.7 Å². The van der Waals surface area contributed by atoms with Crippen molar-refractivity contribution in [3.63, 3.8) is 0 Å². The van der Waals surface area contributed by atoms with Crippen LogP contribution in [0.25, 0.3) is 0 Å². The number of rotatable bonds is 5. The topological polar surface area (TPSA) is 38.5 Å². The molecule has 1 atom stereocenters. The van der Waals surface area contributed by atoms with E-state index in [1.807, 2.05) is 0 Å². The van der Waals surface area contributed by atoms with E-state index in [0.717, 1.165) is 32.0 Å². The van der Waals surface area contributed by atoms with Crippen LogP contribution in [0, 0.1) is 19.8 Å². The Bertz CT molecular complexity index is 406. The minimum absolute atomic E-state index is 0.675. The number of benzene rings is 1. The van der Waals surface area contributed by atoms with E-state index in [1.54, 1.807) is 0 Å². The van der Waals surface area contributed by atoms with Crippen LogP contribution in [0.15, 0.2) is 18.2 Å². The number of nitrogens with two attached hydrogens (primary N) is 1. The highest BCUT2D eigenvalue weighted by Crippen LogP contribution is 2.19. The fourth-order valence-electron chi connectivity index (χ4n) is 2.69. The molecule has 0 amide bonds. The quantitative estimate of drug-likeness (QED) is 0.885. The summed E-state index contributed by atoms with van der Waals surface area (Å²) in [6, 6.07) is 6.36. The Kier molecular flexibility index (Phi) is 5.23. The van der Waals surface area contributed by atoms with Crippen LogP contribution in [0.1, 0.15) is 24.0 Å². The van der Waals surface area contributed by atoms with E-state index in [1.165, 1.54) is 30.5 Å². The fraction of sp³-hybridized carbons (Fsp3) is 0.625. The normalized spacial score (nSPS) is 20.5. The maximum absolute atomic E-state index is 5.92. The molecule has 1 aromatic carbocycles. The van der Waals surface area contributed by atoms with E-state index >= 15 is 0 Å². The van der Waals surface area contributed by atoms with Crippen molar-refractivity contribution in [1.82, 2.24) is 4.90 Å². The van der Waals surface area contributed by atoms with Crippen molar-refractivity contribution < 1.29 is 4.74 Å². The number of hydrogen-bond acceptors (Lipinski definition) is 3. The standard InChI is InChI=1S/C16H26N2O/c1-13-5-6-14(2)16(10-13)19-9-8-18-7-3-4-15(11-17)12-18/h5-6,10,15H,3-4,7-9,11-12,17H2,1-2H3. The molecular formula is C16H26N2O. The highest BCUT2D eigenvalue weighted by molar-refractivity contribution is 5.35. The molecule has 3 heteroatoms. The van der Waals surface area contributed by atoms with Gasteiger partial charge in [0.15, 0.2) is 0 Å². The summed E-state index contributed by atoms with van der Waals surface area (Å²) in [7, 11) is 0. The third-order valence-corrected chi connectivity index (χ3v) is 3.95. The Morgan fingerprint density at radius 2 is 2.21 bits per heavy atom. The van der Waals surface area contributed by atoms with Crippen LogP contribution < -0.4 is 10.5 Å². The third-order valence-electron chi connectivity index (χ3n) is 3.95. The maximum atomic E-state index is 5.92. The molecule has 0 saturated carbocycles. The van der Waals surface area contributed by atoms with Gasteiger partial charge in [-0.1, -0.05) is 12.1 Å². The number of nitrogens with zero attached hydrogens (tertiary/aromatic N) is 1. The molecule has 1 saturated heterocycles. The first-order valence-electron chi connectivity index (χ1n) is 7.31. The van der Waals surface area contributed by atoms with Crippen molar-refractivity contribution in [2.75, 3.05) is 32.8 Å². The van der Waals surface area contributed by atoms with Gasteiger partial charge in [0.05, 0.1) is 0 Å².